The molecule has 0 fully saturated rings. The van der Waals surface area contributed by atoms with Gasteiger partial charge in [-0.1, -0.05) is 5.16 Å². The number of nitrogens with one attached hydrogen (secondary N) is 1. The summed E-state index contributed by atoms with van der Waals surface area (Å²) in [6.07, 6.45) is 0. The zero-order valence-corrected chi connectivity index (χ0v) is 16.3. The molecule has 9 nitrogen and oxygen atoms in total. The molecule has 0 aliphatic carbocycles. The Bertz CT molecular complexity index is 915. The second-order valence-corrected chi connectivity index (χ2v) is 7.97. The van der Waals surface area contributed by atoms with Crippen LogP contribution >= 0.6 is 0 Å². The van der Waals surface area contributed by atoms with Gasteiger partial charge in [0.25, 0.3) is 0 Å². The van der Waals surface area contributed by atoms with Crippen LogP contribution in [0.5, 0.6) is 0 Å². The van der Waals surface area contributed by atoms with Gasteiger partial charge < -0.3 is 14.6 Å². The number of amides is 1. The highest BCUT2D eigenvalue weighted by Gasteiger charge is 2.24. The first kappa shape index (κ1) is 20.6. The number of rotatable bonds is 7. The number of carbonyl (C=O) groups is 2. The summed E-state index contributed by atoms with van der Waals surface area (Å²) < 4.78 is 36.1. The average Bonchev–Trinajstić information content (AvgIpc) is 2.91. The molecule has 1 aromatic heterocycles. The van der Waals surface area contributed by atoms with Gasteiger partial charge in [0.15, 0.2) is 0 Å². The molecule has 2 aromatic rings. The van der Waals surface area contributed by atoms with Crippen molar-refractivity contribution >= 4 is 27.6 Å². The lowest BCUT2D eigenvalue weighted by molar-refractivity contribution is -0.145. The maximum absolute atomic E-state index is 12.5. The van der Waals surface area contributed by atoms with E-state index in [1.165, 1.54) is 38.2 Å². The van der Waals surface area contributed by atoms with Crippen LogP contribution in [0.4, 0.5) is 5.69 Å². The van der Waals surface area contributed by atoms with E-state index < -0.39 is 22.5 Å². The van der Waals surface area contributed by atoms with Crippen molar-refractivity contribution in [3.63, 3.8) is 0 Å². The van der Waals surface area contributed by atoms with E-state index in [9.17, 15) is 18.0 Å². The number of hydrogen-bond donors (Lipinski definition) is 1. The summed E-state index contributed by atoms with van der Waals surface area (Å²) in [6.45, 7) is 4.29. The van der Waals surface area contributed by atoms with Gasteiger partial charge in [0.1, 0.15) is 18.9 Å². The average molecular weight is 395 g/mol. The van der Waals surface area contributed by atoms with Crippen LogP contribution < -0.4 is 5.32 Å². The van der Waals surface area contributed by atoms with E-state index in [1.54, 1.807) is 13.8 Å². The van der Waals surface area contributed by atoms with E-state index in [4.69, 9.17) is 9.26 Å². The lowest BCUT2D eigenvalue weighted by Gasteiger charge is -2.16. The first-order valence-corrected chi connectivity index (χ1v) is 9.46. The number of nitrogens with zero attached hydrogens (tertiary/aromatic N) is 2. The molecule has 1 heterocycles. The zero-order chi connectivity index (χ0) is 20.2. The van der Waals surface area contributed by atoms with Crippen molar-refractivity contribution in [2.75, 3.05) is 18.9 Å². The Morgan fingerprint density at radius 1 is 1.22 bits per heavy atom. The summed E-state index contributed by atoms with van der Waals surface area (Å²) in [5.41, 5.74) is 1.74. The minimum Gasteiger partial charge on any atom is -0.460 e. The standard InChI is InChI=1S/C17H21N3O6S/c1-11-16(12(2)26-19-11)10-25-17(22)9-20(4)27(23,24)15-7-5-14(6-8-15)18-13(3)21/h5-8H,9-10H2,1-4H3,(H,18,21). The monoisotopic (exact) mass is 395 g/mol. The third-order valence-corrected chi connectivity index (χ3v) is 5.61. The Morgan fingerprint density at radius 3 is 2.37 bits per heavy atom. The van der Waals surface area contributed by atoms with Crippen LogP contribution in [0.25, 0.3) is 0 Å². The van der Waals surface area contributed by atoms with Gasteiger partial charge in [0.05, 0.1) is 16.2 Å². The SMILES string of the molecule is CC(=O)Nc1ccc(S(=O)(=O)N(C)CC(=O)OCc2c(C)noc2C)cc1. The highest BCUT2D eigenvalue weighted by atomic mass is 32.2. The largest absolute Gasteiger partial charge is 0.460 e. The summed E-state index contributed by atoms with van der Waals surface area (Å²) in [5, 5.41) is 6.31. The number of carbonyl (C=O) groups excluding carboxylic acids is 2. The molecular formula is C17H21N3O6S. The Kier molecular flexibility index (Phi) is 6.34. The number of aromatic nitrogens is 1. The molecule has 0 aliphatic heterocycles. The Balaban J connectivity index is 1.99. The molecule has 146 valence electrons. The minimum absolute atomic E-state index is 0.00220. The van der Waals surface area contributed by atoms with Gasteiger partial charge in [0.2, 0.25) is 15.9 Å². The molecule has 0 saturated carbocycles. The number of likely N-dealkylation sites (N-methyl/N-ethyl adjacent to an activating group) is 1. The zero-order valence-electron chi connectivity index (χ0n) is 15.5. The minimum atomic E-state index is -3.88. The Morgan fingerprint density at radius 2 is 1.85 bits per heavy atom. The van der Waals surface area contributed by atoms with Gasteiger partial charge in [0, 0.05) is 19.7 Å². The Labute approximate surface area is 157 Å². The quantitative estimate of drug-likeness (QED) is 0.708. The maximum Gasteiger partial charge on any atom is 0.321 e. The summed E-state index contributed by atoms with van der Waals surface area (Å²) in [5.74, 6) is -0.416. The lowest BCUT2D eigenvalue weighted by Crippen LogP contribution is -2.33. The Hall–Kier alpha value is -2.72. The van der Waals surface area contributed by atoms with Crippen LogP contribution in [0.1, 0.15) is 23.9 Å². The molecule has 0 radical (unpaired) electrons. The molecule has 1 amide bonds. The van der Waals surface area contributed by atoms with E-state index in [0.717, 1.165) is 4.31 Å². The predicted molar refractivity (Wildman–Crippen MR) is 96.3 cm³/mol. The molecule has 2 rings (SSSR count). The van der Waals surface area contributed by atoms with Gasteiger partial charge in [-0.05, 0) is 38.1 Å². The molecule has 27 heavy (non-hydrogen) atoms. The van der Waals surface area contributed by atoms with Gasteiger partial charge >= 0.3 is 5.97 Å². The van der Waals surface area contributed by atoms with E-state index in [2.05, 4.69) is 10.5 Å². The molecule has 1 aromatic carbocycles. The topological polar surface area (TPSA) is 119 Å². The molecule has 0 spiro atoms. The molecule has 0 atom stereocenters. The van der Waals surface area contributed by atoms with Crippen molar-refractivity contribution in [2.45, 2.75) is 32.3 Å². The summed E-state index contributed by atoms with van der Waals surface area (Å²) in [7, 11) is -2.59. The van der Waals surface area contributed by atoms with Crippen LogP contribution in [-0.4, -0.2) is 43.3 Å². The number of aryl methyl sites for hydroxylation is 2. The van der Waals surface area contributed by atoms with Crippen molar-refractivity contribution in [2.24, 2.45) is 0 Å². The number of esters is 1. The lowest BCUT2D eigenvalue weighted by atomic mass is 10.2. The molecule has 1 N–H and O–H groups in total. The second kappa shape index (κ2) is 8.31. The van der Waals surface area contributed by atoms with Crippen molar-refractivity contribution < 1.29 is 27.3 Å². The molecular weight excluding hydrogens is 374 g/mol. The van der Waals surface area contributed by atoms with Gasteiger partial charge in [-0.3, -0.25) is 9.59 Å². The molecule has 0 unspecified atom stereocenters. The third kappa shape index (κ3) is 5.14. The highest BCUT2D eigenvalue weighted by Crippen LogP contribution is 2.18. The van der Waals surface area contributed by atoms with E-state index in [-0.39, 0.29) is 17.4 Å². The van der Waals surface area contributed by atoms with Crippen LogP contribution in [0.3, 0.4) is 0 Å². The third-order valence-electron chi connectivity index (χ3n) is 3.79. The van der Waals surface area contributed by atoms with Crippen molar-refractivity contribution in [1.82, 2.24) is 9.46 Å². The van der Waals surface area contributed by atoms with E-state index in [1.807, 2.05) is 0 Å². The first-order valence-electron chi connectivity index (χ1n) is 8.02. The number of benzene rings is 1. The second-order valence-electron chi connectivity index (χ2n) is 5.93. The fourth-order valence-electron chi connectivity index (χ4n) is 2.27. The number of sulfonamides is 1. The fourth-order valence-corrected chi connectivity index (χ4v) is 3.38. The molecule has 10 heteroatoms. The van der Waals surface area contributed by atoms with Gasteiger partial charge in [-0.2, -0.15) is 4.31 Å². The van der Waals surface area contributed by atoms with E-state index >= 15 is 0 Å². The molecule has 0 bridgehead atoms. The predicted octanol–water partition coefficient (Wildman–Crippen LogP) is 1.61. The van der Waals surface area contributed by atoms with Crippen LogP contribution in [0.15, 0.2) is 33.7 Å². The molecule has 0 aliphatic rings. The van der Waals surface area contributed by atoms with Crippen molar-refractivity contribution in [3.05, 3.63) is 41.3 Å². The number of anilines is 1. The van der Waals surface area contributed by atoms with Gasteiger partial charge in [-0.25, -0.2) is 8.42 Å². The fraction of sp³-hybridized carbons (Fsp3) is 0.353. The van der Waals surface area contributed by atoms with Crippen molar-refractivity contribution in [3.8, 4) is 0 Å². The van der Waals surface area contributed by atoms with Crippen LogP contribution in [0, 0.1) is 13.8 Å². The normalized spacial score (nSPS) is 11.4. The van der Waals surface area contributed by atoms with Crippen LogP contribution in [0.2, 0.25) is 0 Å². The molecule has 0 saturated heterocycles. The van der Waals surface area contributed by atoms with Crippen molar-refractivity contribution in [1.29, 1.82) is 0 Å². The highest BCUT2D eigenvalue weighted by molar-refractivity contribution is 7.89. The smallest absolute Gasteiger partial charge is 0.321 e. The number of ether oxygens (including phenoxy) is 1. The van der Waals surface area contributed by atoms with Gasteiger partial charge in [-0.15, -0.1) is 0 Å². The van der Waals surface area contributed by atoms with E-state index in [0.29, 0.717) is 22.7 Å². The van der Waals surface area contributed by atoms with Crippen LogP contribution in [-0.2, 0) is 31.0 Å². The first-order chi connectivity index (χ1) is 12.6. The summed E-state index contributed by atoms with van der Waals surface area (Å²) in [4.78, 5) is 23.0. The number of hydrogen-bond acceptors (Lipinski definition) is 7. The summed E-state index contributed by atoms with van der Waals surface area (Å²) in [6, 6.07) is 5.65. The maximum atomic E-state index is 12.5. The summed E-state index contributed by atoms with van der Waals surface area (Å²) >= 11 is 0.